The minimum atomic E-state index is -4.03. The Morgan fingerprint density at radius 1 is 1.00 bits per heavy atom. The summed E-state index contributed by atoms with van der Waals surface area (Å²) in [7, 11) is -1.21. The van der Waals surface area contributed by atoms with E-state index in [0.717, 1.165) is 20.6 Å². The van der Waals surface area contributed by atoms with Crippen molar-refractivity contribution in [3.8, 4) is 0 Å². The summed E-state index contributed by atoms with van der Waals surface area (Å²) in [4.78, 5) is 28.2. The summed E-state index contributed by atoms with van der Waals surface area (Å²) in [6.45, 7) is 8.62. The molecule has 0 heterocycles. The number of amides is 2. The Labute approximate surface area is 230 Å². The van der Waals surface area contributed by atoms with Crippen molar-refractivity contribution < 1.29 is 18.0 Å². The molecule has 0 aliphatic heterocycles. The van der Waals surface area contributed by atoms with Crippen LogP contribution < -0.4 is 9.62 Å². The van der Waals surface area contributed by atoms with Crippen LogP contribution in [0.5, 0.6) is 0 Å². The van der Waals surface area contributed by atoms with Crippen molar-refractivity contribution in [3.05, 3.63) is 63.1 Å². The number of benzene rings is 2. The van der Waals surface area contributed by atoms with Gasteiger partial charge in [0.25, 0.3) is 0 Å². The first kappa shape index (κ1) is 30.9. The van der Waals surface area contributed by atoms with E-state index >= 15 is 0 Å². The third kappa shape index (κ3) is 7.83. The van der Waals surface area contributed by atoms with Crippen molar-refractivity contribution >= 4 is 50.9 Å². The summed E-state index contributed by atoms with van der Waals surface area (Å²) in [5.74, 6) is -0.874. The zero-order valence-corrected chi connectivity index (χ0v) is 24.7. The number of hydrogen-bond donors (Lipinski definition) is 1. The van der Waals surface area contributed by atoms with Crippen LogP contribution in [0.3, 0.4) is 0 Å². The molecule has 0 saturated heterocycles. The molecule has 2 aromatic rings. The predicted octanol–water partition coefficient (Wildman–Crippen LogP) is 4.56. The van der Waals surface area contributed by atoms with E-state index in [-0.39, 0.29) is 18.5 Å². The molecule has 2 amide bonds. The third-order valence-corrected chi connectivity index (χ3v) is 8.70. The van der Waals surface area contributed by atoms with Crippen LogP contribution >= 0.6 is 23.2 Å². The van der Waals surface area contributed by atoms with Gasteiger partial charge in [0, 0.05) is 26.7 Å². The molecule has 1 N–H and O–H groups in total. The van der Waals surface area contributed by atoms with Crippen LogP contribution in [-0.2, 0) is 26.3 Å². The average Bonchev–Trinajstić information content (AvgIpc) is 2.83. The van der Waals surface area contributed by atoms with Crippen LogP contribution in [0.15, 0.2) is 36.4 Å². The number of anilines is 1. The van der Waals surface area contributed by atoms with Gasteiger partial charge in [-0.3, -0.25) is 9.59 Å². The van der Waals surface area contributed by atoms with Crippen molar-refractivity contribution in [2.45, 2.75) is 59.7 Å². The van der Waals surface area contributed by atoms with E-state index in [0.29, 0.717) is 26.9 Å². The second kappa shape index (κ2) is 13.0. The first-order valence-corrected chi connectivity index (χ1v) is 14.2. The SMILES string of the molecule is CC[C@@H](C)NC(=O)[C@@H](C)N(Cc1ccc(Cl)c(Cl)c1)C(=O)CN(c1cc(C)ccc1C)S(=O)(=O)N(C)C. The van der Waals surface area contributed by atoms with Gasteiger partial charge in [0.2, 0.25) is 11.8 Å². The molecule has 8 nitrogen and oxygen atoms in total. The molecule has 204 valence electrons. The normalized spacial score (nSPS) is 13.2. The lowest BCUT2D eigenvalue weighted by molar-refractivity contribution is -0.139. The van der Waals surface area contributed by atoms with Gasteiger partial charge in [0.05, 0.1) is 15.7 Å². The van der Waals surface area contributed by atoms with Crippen molar-refractivity contribution in [1.29, 1.82) is 0 Å². The van der Waals surface area contributed by atoms with Crippen molar-refractivity contribution in [2.24, 2.45) is 0 Å². The summed E-state index contributed by atoms with van der Waals surface area (Å²) < 4.78 is 28.8. The third-order valence-electron chi connectivity index (χ3n) is 6.16. The van der Waals surface area contributed by atoms with Crippen LogP contribution in [0, 0.1) is 13.8 Å². The first-order chi connectivity index (χ1) is 17.2. The molecule has 11 heteroatoms. The number of rotatable bonds is 11. The molecule has 0 saturated carbocycles. The lowest BCUT2D eigenvalue weighted by atomic mass is 10.1. The molecule has 0 radical (unpaired) electrons. The fraction of sp³-hybridized carbons (Fsp3) is 0.462. The number of nitrogens with zero attached hydrogens (tertiary/aromatic N) is 3. The summed E-state index contributed by atoms with van der Waals surface area (Å²) in [6.07, 6.45) is 0.723. The monoisotopic (exact) mass is 570 g/mol. The van der Waals surface area contributed by atoms with Gasteiger partial charge in [-0.2, -0.15) is 12.7 Å². The number of carbonyl (C=O) groups excluding carboxylic acids is 2. The van der Waals surface area contributed by atoms with E-state index in [4.69, 9.17) is 23.2 Å². The van der Waals surface area contributed by atoms with Gasteiger partial charge in [0.15, 0.2) is 0 Å². The van der Waals surface area contributed by atoms with Crippen LogP contribution in [0.25, 0.3) is 0 Å². The fourth-order valence-corrected chi connectivity index (χ4v) is 5.01. The lowest BCUT2D eigenvalue weighted by Gasteiger charge is -2.33. The first-order valence-electron chi connectivity index (χ1n) is 12.0. The largest absolute Gasteiger partial charge is 0.352 e. The maximum Gasteiger partial charge on any atom is 0.304 e. The molecule has 0 aliphatic rings. The minimum Gasteiger partial charge on any atom is -0.352 e. The Morgan fingerprint density at radius 2 is 1.65 bits per heavy atom. The van der Waals surface area contributed by atoms with Gasteiger partial charge < -0.3 is 10.2 Å². The van der Waals surface area contributed by atoms with Gasteiger partial charge in [-0.15, -0.1) is 0 Å². The van der Waals surface area contributed by atoms with Crippen LogP contribution in [0.1, 0.15) is 43.9 Å². The van der Waals surface area contributed by atoms with Gasteiger partial charge >= 0.3 is 10.2 Å². The molecule has 0 unspecified atom stereocenters. The van der Waals surface area contributed by atoms with E-state index in [2.05, 4.69) is 5.32 Å². The predicted molar refractivity (Wildman–Crippen MR) is 150 cm³/mol. The number of halogens is 2. The minimum absolute atomic E-state index is 0.0352. The van der Waals surface area contributed by atoms with Crippen LogP contribution in [0.4, 0.5) is 5.69 Å². The summed E-state index contributed by atoms with van der Waals surface area (Å²) in [6, 6.07) is 9.41. The fourth-order valence-electron chi connectivity index (χ4n) is 3.57. The van der Waals surface area contributed by atoms with Gasteiger partial charge in [-0.05, 0) is 69.0 Å². The molecule has 0 fully saturated rings. The van der Waals surface area contributed by atoms with Gasteiger partial charge in [0.1, 0.15) is 12.6 Å². The summed E-state index contributed by atoms with van der Waals surface area (Å²) >= 11 is 12.2. The highest BCUT2D eigenvalue weighted by molar-refractivity contribution is 7.90. The molecular weight excluding hydrogens is 535 g/mol. The van der Waals surface area contributed by atoms with Crippen molar-refractivity contribution in [3.63, 3.8) is 0 Å². The molecule has 2 rings (SSSR count). The Bertz CT molecular complexity index is 1240. The smallest absolute Gasteiger partial charge is 0.304 e. The van der Waals surface area contributed by atoms with Crippen LogP contribution in [-0.4, -0.2) is 62.2 Å². The average molecular weight is 572 g/mol. The molecule has 0 bridgehead atoms. The summed E-state index contributed by atoms with van der Waals surface area (Å²) in [5.41, 5.74) is 2.59. The molecule has 37 heavy (non-hydrogen) atoms. The lowest BCUT2D eigenvalue weighted by Crippen LogP contribution is -2.53. The Kier molecular flexibility index (Phi) is 10.8. The number of hydrogen-bond acceptors (Lipinski definition) is 4. The molecule has 0 aliphatic carbocycles. The molecule has 0 aromatic heterocycles. The zero-order chi connectivity index (χ0) is 28.1. The second-order valence-electron chi connectivity index (χ2n) is 9.35. The van der Waals surface area contributed by atoms with Crippen LogP contribution in [0.2, 0.25) is 10.0 Å². The van der Waals surface area contributed by atoms with Gasteiger partial charge in [-0.25, -0.2) is 4.31 Å². The maximum absolute atomic E-state index is 13.8. The highest BCUT2D eigenvalue weighted by atomic mass is 35.5. The molecule has 0 spiro atoms. The van der Waals surface area contributed by atoms with E-state index in [1.54, 1.807) is 38.1 Å². The Morgan fingerprint density at radius 3 is 2.22 bits per heavy atom. The zero-order valence-electron chi connectivity index (χ0n) is 22.4. The number of carbonyl (C=O) groups is 2. The van der Waals surface area contributed by atoms with Crippen molar-refractivity contribution in [2.75, 3.05) is 24.9 Å². The Hall–Kier alpha value is -2.33. The number of nitrogens with one attached hydrogen (secondary N) is 1. The maximum atomic E-state index is 13.8. The van der Waals surface area contributed by atoms with E-state index < -0.39 is 28.7 Å². The molecule has 2 atom stereocenters. The van der Waals surface area contributed by atoms with E-state index in [1.807, 2.05) is 32.9 Å². The quantitative estimate of drug-likeness (QED) is 0.429. The Balaban J connectivity index is 2.53. The number of aryl methyl sites for hydroxylation is 2. The molecule has 2 aromatic carbocycles. The van der Waals surface area contributed by atoms with Gasteiger partial charge in [-0.1, -0.05) is 48.3 Å². The highest BCUT2D eigenvalue weighted by Crippen LogP contribution is 2.27. The summed E-state index contributed by atoms with van der Waals surface area (Å²) in [5, 5.41) is 3.58. The van der Waals surface area contributed by atoms with E-state index in [9.17, 15) is 18.0 Å². The molecular formula is C26H36Cl2N4O4S. The highest BCUT2D eigenvalue weighted by Gasteiger charge is 2.33. The second-order valence-corrected chi connectivity index (χ2v) is 12.2. The topological polar surface area (TPSA) is 90.0 Å². The van der Waals surface area contributed by atoms with Crippen molar-refractivity contribution in [1.82, 2.24) is 14.5 Å². The van der Waals surface area contributed by atoms with E-state index in [1.165, 1.54) is 19.0 Å². The standard InChI is InChI=1S/C26H36Cl2N4O4S/c1-8-19(4)29-26(34)20(5)31(15-21-11-12-22(27)23(28)14-21)25(33)16-32(37(35,36)30(6)7)24-13-17(2)9-10-18(24)3/h9-14,19-20H,8,15-16H2,1-7H3,(H,29,34)/t19-,20-/m1/s1.